The first-order valence-electron chi connectivity index (χ1n) is 12.6. The Morgan fingerprint density at radius 1 is 1.16 bits per heavy atom. The third-order valence-corrected chi connectivity index (χ3v) is 8.50. The zero-order valence-electron chi connectivity index (χ0n) is 19.2. The Hall–Kier alpha value is -2.11. The molecular formula is C27H35N3O2. The van der Waals surface area contributed by atoms with E-state index in [-0.39, 0.29) is 5.91 Å². The van der Waals surface area contributed by atoms with Crippen LogP contribution in [0.3, 0.4) is 0 Å². The average molecular weight is 434 g/mol. The zero-order valence-corrected chi connectivity index (χ0v) is 19.2. The Morgan fingerprint density at radius 3 is 3.00 bits per heavy atom. The molecule has 4 atom stereocenters. The molecule has 4 aliphatic rings. The highest BCUT2D eigenvalue weighted by atomic mass is 16.5. The molecule has 1 aromatic carbocycles. The van der Waals surface area contributed by atoms with Crippen molar-refractivity contribution in [1.82, 2.24) is 14.4 Å². The van der Waals surface area contributed by atoms with Crippen molar-refractivity contribution in [1.29, 1.82) is 0 Å². The minimum Gasteiger partial charge on any atom is -0.383 e. The van der Waals surface area contributed by atoms with Gasteiger partial charge >= 0.3 is 0 Å². The van der Waals surface area contributed by atoms with Crippen molar-refractivity contribution < 1.29 is 9.53 Å². The summed E-state index contributed by atoms with van der Waals surface area (Å²) in [5.41, 5.74) is 3.54. The number of piperidine rings is 3. The highest BCUT2D eigenvalue weighted by Crippen LogP contribution is 2.45. The van der Waals surface area contributed by atoms with Gasteiger partial charge in [-0.1, -0.05) is 24.1 Å². The molecule has 2 aromatic rings. The van der Waals surface area contributed by atoms with Gasteiger partial charge in [0.05, 0.1) is 12.6 Å². The summed E-state index contributed by atoms with van der Waals surface area (Å²) >= 11 is 0. The summed E-state index contributed by atoms with van der Waals surface area (Å²) in [7, 11) is 1.73. The number of benzene rings is 1. The molecule has 0 N–H and O–H groups in total. The van der Waals surface area contributed by atoms with Crippen LogP contribution in [0.2, 0.25) is 0 Å². The number of carbonyl (C=O) groups is 1. The molecule has 5 nitrogen and oxygen atoms in total. The third-order valence-electron chi connectivity index (χ3n) is 8.50. The predicted molar refractivity (Wildman–Crippen MR) is 127 cm³/mol. The summed E-state index contributed by atoms with van der Waals surface area (Å²) in [4.78, 5) is 19.0. The SMILES string of the molecule is COCCn1ccc2c(C(=O)N3CCCC4=CC5CC(CN6CCCCC56)C43)cccc21. The maximum atomic E-state index is 14.0. The molecule has 1 amide bonds. The second kappa shape index (κ2) is 8.35. The van der Waals surface area contributed by atoms with Crippen molar-refractivity contribution in [2.24, 2.45) is 11.8 Å². The number of ether oxygens (including phenoxy) is 1. The monoisotopic (exact) mass is 433 g/mol. The summed E-state index contributed by atoms with van der Waals surface area (Å²) in [5, 5.41) is 1.07. The van der Waals surface area contributed by atoms with Crippen LogP contribution in [0.5, 0.6) is 0 Å². The fourth-order valence-corrected chi connectivity index (χ4v) is 7.15. The minimum atomic E-state index is 0.218. The second-order valence-electron chi connectivity index (χ2n) is 10.2. The minimum absolute atomic E-state index is 0.218. The van der Waals surface area contributed by atoms with E-state index in [9.17, 15) is 4.79 Å². The zero-order chi connectivity index (χ0) is 21.7. The first kappa shape index (κ1) is 20.5. The maximum absolute atomic E-state index is 14.0. The van der Waals surface area contributed by atoms with E-state index in [0.29, 0.717) is 24.5 Å². The van der Waals surface area contributed by atoms with Crippen molar-refractivity contribution in [3.05, 3.63) is 47.7 Å². The van der Waals surface area contributed by atoms with E-state index in [4.69, 9.17) is 4.74 Å². The molecular weight excluding hydrogens is 398 g/mol. The lowest BCUT2D eigenvalue weighted by atomic mass is 9.68. The fraction of sp³-hybridized carbons (Fsp3) is 0.593. The van der Waals surface area contributed by atoms with Gasteiger partial charge < -0.3 is 14.2 Å². The Labute approximate surface area is 191 Å². The summed E-state index contributed by atoms with van der Waals surface area (Å²) in [5.74, 6) is 1.51. The van der Waals surface area contributed by atoms with Gasteiger partial charge in [0.25, 0.3) is 5.91 Å². The van der Waals surface area contributed by atoms with Crippen molar-refractivity contribution >= 4 is 16.8 Å². The topological polar surface area (TPSA) is 37.7 Å². The number of aromatic nitrogens is 1. The van der Waals surface area contributed by atoms with E-state index < -0.39 is 0 Å². The standard InChI is InChI=1S/C27H35N3O2/c1-32-15-14-28-13-10-22-23(7-4-9-25(22)28)27(31)30-12-5-6-19-16-20-17-21(26(19)30)18-29-11-3-2-8-24(20)29/h4,7,9-10,13,16,20-21,24,26H,2-3,5-6,8,11-12,14-15,17-18H2,1H3. The van der Waals surface area contributed by atoms with Crippen LogP contribution in [0.4, 0.5) is 0 Å². The van der Waals surface area contributed by atoms with Crippen molar-refractivity contribution in [3.63, 3.8) is 0 Å². The van der Waals surface area contributed by atoms with Crippen LogP contribution in [0, 0.1) is 11.8 Å². The first-order chi connectivity index (χ1) is 15.7. The largest absolute Gasteiger partial charge is 0.383 e. The first-order valence-corrected chi connectivity index (χ1v) is 12.6. The number of rotatable bonds is 4. The van der Waals surface area contributed by atoms with E-state index in [0.717, 1.165) is 42.0 Å². The number of amides is 1. The lowest BCUT2D eigenvalue weighted by Gasteiger charge is -2.54. The molecule has 32 heavy (non-hydrogen) atoms. The molecule has 4 unspecified atom stereocenters. The number of fused-ring (bicyclic) bond motifs is 7. The van der Waals surface area contributed by atoms with Gasteiger partial charge in [0, 0.05) is 55.4 Å². The summed E-state index contributed by atoms with van der Waals surface area (Å²) in [6.45, 7) is 4.77. The molecule has 1 aliphatic carbocycles. The van der Waals surface area contributed by atoms with Gasteiger partial charge in [-0.3, -0.25) is 9.69 Å². The van der Waals surface area contributed by atoms with Crippen molar-refractivity contribution in [3.8, 4) is 0 Å². The van der Waals surface area contributed by atoms with Gasteiger partial charge in [-0.25, -0.2) is 0 Å². The second-order valence-corrected chi connectivity index (χ2v) is 10.2. The molecule has 6 rings (SSSR count). The van der Waals surface area contributed by atoms with Crippen LogP contribution in [0.25, 0.3) is 10.9 Å². The van der Waals surface area contributed by atoms with Gasteiger partial charge in [-0.15, -0.1) is 0 Å². The van der Waals surface area contributed by atoms with Crippen molar-refractivity contribution in [2.75, 3.05) is 33.4 Å². The number of hydrogen-bond donors (Lipinski definition) is 0. The molecule has 0 saturated carbocycles. The van der Waals surface area contributed by atoms with E-state index >= 15 is 0 Å². The predicted octanol–water partition coefficient (Wildman–Crippen LogP) is 4.32. The van der Waals surface area contributed by atoms with Gasteiger partial charge in [0.2, 0.25) is 0 Å². The Balaban J connectivity index is 1.32. The molecule has 0 spiro atoms. The van der Waals surface area contributed by atoms with Crippen LogP contribution < -0.4 is 0 Å². The smallest absolute Gasteiger partial charge is 0.255 e. The van der Waals surface area contributed by atoms with Crippen LogP contribution in [-0.2, 0) is 11.3 Å². The number of nitrogens with zero attached hydrogens (tertiary/aromatic N) is 3. The lowest BCUT2D eigenvalue weighted by molar-refractivity contribution is 0.00153. The molecule has 1 aromatic heterocycles. The van der Waals surface area contributed by atoms with Gasteiger partial charge in [0.15, 0.2) is 0 Å². The van der Waals surface area contributed by atoms with E-state index in [1.54, 1.807) is 12.7 Å². The number of hydrogen-bond acceptors (Lipinski definition) is 3. The summed E-state index contributed by atoms with van der Waals surface area (Å²) in [6, 6.07) is 9.33. The van der Waals surface area contributed by atoms with E-state index in [2.05, 4.69) is 38.8 Å². The maximum Gasteiger partial charge on any atom is 0.255 e. The molecule has 2 bridgehead atoms. The highest BCUT2D eigenvalue weighted by molar-refractivity contribution is 6.06. The Morgan fingerprint density at radius 2 is 2.09 bits per heavy atom. The van der Waals surface area contributed by atoms with Gasteiger partial charge in [0.1, 0.15) is 0 Å². The molecule has 3 fully saturated rings. The number of likely N-dealkylation sites (tertiary alicyclic amines) is 1. The van der Waals surface area contributed by atoms with Gasteiger partial charge in [-0.05, 0) is 68.7 Å². The van der Waals surface area contributed by atoms with Crippen LogP contribution >= 0.6 is 0 Å². The molecule has 3 saturated heterocycles. The lowest BCUT2D eigenvalue weighted by Crippen LogP contribution is -2.60. The van der Waals surface area contributed by atoms with E-state index in [1.807, 2.05) is 12.1 Å². The van der Waals surface area contributed by atoms with Crippen LogP contribution in [0.1, 0.15) is 48.9 Å². The Kier molecular flexibility index (Phi) is 5.34. The third kappa shape index (κ3) is 3.32. The molecule has 5 heteroatoms. The van der Waals surface area contributed by atoms with E-state index in [1.165, 1.54) is 45.2 Å². The fourth-order valence-electron chi connectivity index (χ4n) is 7.15. The van der Waals surface area contributed by atoms with Crippen LogP contribution in [-0.4, -0.2) is 65.7 Å². The number of carbonyl (C=O) groups excluding carboxylic acids is 1. The van der Waals surface area contributed by atoms with Gasteiger partial charge in [-0.2, -0.15) is 0 Å². The normalized spacial score (nSPS) is 30.0. The molecule has 3 aliphatic heterocycles. The average Bonchev–Trinajstić information content (AvgIpc) is 3.25. The number of methoxy groups -OCH3 is 1. The summed E-state index contributed by atoms with van der Waals surface area (Å²) < 4.78 is 7.46. The van der Waals surface area contributed by atoms with Crippen LogP contribution in [0.15, 0.2) is 42.1 Å². The summed E-state index contributed by atoms with van der Waals surface area (Å²) in [6.07, 6.45) is 12.3. The van der Waals surface area contributed by atoms with Crippen molar-refractivity contribution in [2.45, 2.75) is 57.2 Å². The molecule has 0 radical (unpaired) electrons. The Bertz CT molecular complexity index is 1040. The molecule has 170 valence electrons. The quantitative estimate of drug-likeness (QED) is 0.674. The molecule has 4 heterocycles. The highest BCUT2D eigenvalue weighted by Gasteiger charge is 2.47.